The maximum Gasteiger partial charge on any atom is 0.191 e. The van der Waals surface area contributed by atoms with E-state index in [9.17, 15) is 9.50 Å². The van der Waals surface area contributed by atoms with Gasteiger partial charge < -0.3 is 19.3 Å². The molecule has 0 aliphatic rings. The number of hydrogen-bond donors (Lipinski definition) is 1. The Labute approximate surface area is 90.3 Å². The van der Waals surface area contributed by atoms with Gasteiger partial charge in [-0.15, -0.1) is 0 Å². The van der Waals surface area contributed by atoms with Gasteiger partial charge in [-0.05, 0) is 12.8 Å². The first-order valence-electron chi connectivity index (χ1n) is 5.11. The fourth-order valence-electron chi connectivity index (χ4n) is 0.962. The molecule has 0 aromatic rings. The molecule has 0 amide bonds. The molecule has 0 fully saturated rings. The average Bonchev–Trinajstić information content (AvgIpc) is 2.14. The summed E-state index contributed by atoms with van der Waals surface area (Å²) in [4.78, 5) is 0. The molecule has 0 aromatic carbocycles. The zero-order chi connectivity index (χ0) is 11.7. The highest BCUT2D eigenvalue weighted by atomic mass is 19.1. The summed E-state index contributed by atoms with van der Waals surface area (Å²) in [7, 11) is 0. The summed E-state index contributed by atoms with van der Waals surface area (Å²) in [5.74, 6) is 0.381. The molecule has 2 atom stereocenters. The lowest BCUT2D eigenvalue weighted by molar-refractivity contribution is -0.162. The minimum absolute atomic E-state index is 0.0959. The van der Waals surface area contributed by atoms with Crippen LogP contribution in [0.15, 0.2) is 0 Å². The van der Waals surface area contributed by atoms with Crippen molar-refractivity contribution < 1.29 is 23.7 Å². The van der Waals surface area contributed by atoms with Crippen LogP contribution in [0.1, 0.15) is 27.2 Å². The van der Waals surface area contributed by atoms with Gasteiger partial charge in [-0.3, -0.25) is 0 Å². The molecule has 0 heterocycles. The molecule has 0 saturated carbocycles. The van der Waals surface area contributed by atoms with Crippen LogP contribution >= 0.6 is 0 Å². The van der Waals surface area contributed by atoms with Crippen molar-refractivity contribution in [2.24, 2.45) is 5.92 Å². The Hall–Kier alpha value is -0.230. The predicted molar refractivity (Wildman–Crippen MR) is 53.9 cm³/mol. The SMILES string of the molecule is CC(C)C[C@H](O)OC[C@@H](C)OCOCF. The summed E-state index contributed by atoms with van der Waals surface area (Å²) in [6, 6.07) is 0. The largest absolute Gasteiger partial charge is 0.368 e. The average molecular weight is 224 g/mol. The molecule has 0 unspecified atom stereocenters. The minimum Gasteiger partial charge on any atom is -0.368 e. The van der Waals surface area contributed by atoms with E-state index in [0.717, 1.165) is 0 Å². The third-order valence-corrected chi connectivity index (χ3v) is 1.71. The van der Waals surface area contributed by atoms with E-state index >= 15 is 0 Å². The van der Waals surface area contributed by atoms with Crippen LogP contribution in [0.25, 0.3) is 0 Å². The lowest BCUT2D eigenvalue weighted by atomic mass is 10.1. The van der Waals surface area contributed by atoms with Crippen LogP contribution in [0.2, 0.25) is 0 Å². The Kier molecular flexibility index (Phi) is 8.89. The number of rotatable bonds is 9. The summed E-state index contributed by atoms with van der Waals surface area (Å²) in [6.45, 7) is 5.08. The van der Waals surface area contributed by atoms with Crippen LogP contribution in [0.3, 0.4) is 0 Å². The van der Waals surface area contributed by atoms with Crippen molar-refractivity contribution in [3.63, 3.8) is 0 Å². The molecular weight excluding hydrogens is 203 g/mol. The van der Waals surface area contributed by atoms with Crippen LogP contribution in [0, 0.1) is 5.92 Å². The number of halogens is 1. The van der Waals surface area contributed by atoms with E-state index in [0.29, 0.717) is 12.3 Å². The zero-order valence-corrected chi connectivity index (χ0v) is 9.61. The van der Waals surface area contributed by atoms with Crippen molar-refractivity contribution in [3.05, 3.63) is 0 Å². The third-order valence-electron chi connectivity index (χ3n) is 1.71. The van der Waals surface area contributed by atoms with Gasteiger partial charge >= 0.3 is 0 Å². The molecule has 15 heavy (non-hydrogen) atoms. The highest BCUT2D eigenvalue weighted by molar-refractivity contribution is 4.51. The highest BCUT2D eigenvalue weighted by Gasteiger charge is 2.09. The monoisotopic (exact) mass is 224 g/mol. The van der Waals surface area contributed by atoms with Crippen LogP contribution in [-0.2, 0) is 14.2 Å². The quantitative estimate of drug-likeness (QED) is 0.478. The van der Waals surface area contributed by atoms with Crippen molar-refractivity contribution in [1.29, 1.82) is 0 Å². The molecular formula is C10H21FO4. The number of ether oxygens (including phenoxy) is 3. The zero-order valence-electron chi connectivity index (χ0n) is 9.61. The Balaban J connectivity index is 3.39. The van der Waals surface area contributed by atoms with Crippen LogP contribution in [0.5, 0.6) is 0 Å². The standard InChI is InChI=1S/C10H21FO4/c1-8(2)4-10(12)14-5-9(3)15-7-13-6-11/h8-10,12H,4-7H2,1-3H3/t9-,10-/m1/s1. The van der Waals surface area contributed by atoms with E-state index in [1.165, 1.54) is 0 Å². The van der Waals surface area contributed by atoms with Gasteiger partial charge in [-0.25, -0.2) is 4.39 Å². The summed E-state index contributed by atoms with van der Waals surface area (Å²) >= 11 is 0. The van der Waals surface area contributed by atoms with Gasteiger partial charge in [0.25, 0.3) is 0 Å². The van der Waals surface area contributed by atoms with Crippen LogP contribution in [-0.4, -0.2) is 37.8 Å². The van der Waals surface area contributed by atoms with E-state index in [4.69, 9.17) is 9.47 Å². The Morgan fingerprint density at radius 1 is 1.20 bits per heavy atom. The minimum atomic E-state index is -0.858. The van der Waals surface area contributed by atoms with E-state index in [1.807, 2.05) is 13.8 Å². The van der Waals surface area contributed by atoms with Gasteiger partial charge in [0.2, 0.25) is 0 Å². The van der Waals surface area contributed by atoms with Gasteiger partial charge in [0.15, 0.2) is 13.2 Å². The first kappa shape index (κ1) is 14.8. The van der Waals surface area contributed by atoms with E-state index in [2.05, 4.69) is 4.74 Å². The van der Waals surface area contributed by atoms with Crippen LogP contribution < -0.4 is 0 Å². The Morgan fingerprint density at radius 2 is 1.87 bits per heavy atom. The highest BCUT2D eigenvalue weighted by Crippen LogP contribution is 2.06. The summed E-state index contributed by atoms with van der Waals surface area (Å²) < 4.78 is 26.1. The number of aliphatic hydroxyl groups is 1. The third kappa shape index (κ3) is 10.1. The van der Waals surface area contributed by atoms with Gasteiger partial charge in [0.1, 0.15) is 6.79 Å². The van der Waals surface area contributed by atoms with Gasteiger partial charge in [-0.1, -0.05) is 13.8 Å². The fourth-order valence-corrected chi connectivity index (χ4v) is 0.962. The van der Waals surface area contributed by atoms with Crippen molar-refractivity contribution in [2.45, 2.75) is 39.6 Å². The van der Waals surface area contributed by atoms with Crippen LogP contribution in [0.4, 0.5) is 4.39 Å². The molecule has 0 saturated heterocycles. The van der Waals surface area contributed by atoms with E-state index in [1.54, 1.807) is 6.92 Å². The topological polar surface area (TPSA) is 47.9 Å². The maximum absolute atomic E-state index is 11.5. The van der Waals surface area contributed by atoms with Crippen molar-refractivity contribution >= 4 is 0 Å². The van der Waals surface area contributed by atoms with Crippen molar-refractivity contribution in [1.82, 2.24) is 0 Å². The summed E-state index contributed by atoms with van der Waals surface area (Å²) in [5, 5.41) is 9.37. The number of hydrogen-bond acceptors (Lipinski definition) is 4. The smallest absolute Gasteiger partial charge is 0.191 e. The second-order valence-corrected chi connectivity index (χ2v) is 3.83. The summed E-state index contributed by atoms with van der Waals surface area (Å²) in [6.07, 6.45) is -0.398. The van der Waals surface area contributed by atoms with Gasteiger partial charge in [0, 0.05) is 6.42 Å². The molecule has 0 rings (SSSR count). The molecule has 0 spiro atoms. The van der Waals surface area contributed by atoms with E-state index < -0.39 is 13.2 Å². The normalized spacial score (nSPS) is 15.6. The van der Waals surface area contributed by atoms with Gasteiger partial charge in [0.05, 0.1) is 12.7 Å². The second-order valence-electron chi connectivity index (χ2n) is 3.83. The number of alkyl halides is 1. The summed E-state index contributed by atoms with van der Waals surface area (Å²) in [5.41, 5.74) is 0. The molecule has 0 aromatic heterocycles. The van der Waals surface area contributed by atoms with Gasteiger partial charge in [-0.2, -0.15) is 0 Å². The molecule has 0 aliphatic heterocycles. The Morgan fingerprint density at radius 3 is 2.40 bits per heavy atom. The first-order chi connectivity index (χ1) is 7.06. The fraction of sp³-hybridized carbons (Fsp3) is 1.00. The molecule has 1 N–H and O–H groups in total. The predicted octanol–water partition coefficient (Wildman–Crippen LogP) is 1.67. The molecule has 0 bridgehead atoms. The second kappa shape index (κ2) is 9.03. The molecule has 0 radical (unpaired) electrons. The first-order valence-corrected chi connectivity index (χ1v) is 5.11. The molecule has 92 valence electrons. The van der Waals surface area contributed by atoms with Crippen molar-refractivity contribution in [2.75, 3.05) is 20.3 Å². The maximum atomic E-state index is 11.5. The molecule has 4 nitrogen and oxygen atoms in total. The van der Waals surface area contributed by atoms with Crippen molar-refractivity contribution in [3.8, 4) is 0 Å². The molecule has 5 heteroatoms. The van der Waals surface area contributed by atoms with E-state index in [-0.39, 0.29) is 19.5 Å². The number of aliphatic hydroxyl groups excluding tert-OH is 1. The lowest BCUT2D eigenvalue weighted by Crippen LogP contribution is -2.23. The lowest BCUT2D eigenvalue weighted by Gasteiger charge is -2.17. The molecule has 0 aliphatic carbocycles. The Bertz CT molecular complexity index is 143.